The fourth-order valence-corrected chi connectivity index (χ4v) is 3.31. The van der Waals surface area contributed by atoms with Gasteiger partial charge in [0.15, 0.2) is 0 Å². The van der Waals surface area contributed by atoms with Crippen molar-refractivity contribution in [1.29, 1.82) is 0 Å². The van der Waals surface area contributed by atoms with Gasteiger partial charge in [0.1, 0.15) is 0 Å². The van der Waals surface area contributed by atoms with Gasteiger partial charge in [-0.3, -0.25) is 0 Å². The Hall–Kier alpha value is -3.02. The number of urea groups is 1. The molecule has 1 N–H and O–H groups in total. The smallest absolute Gasteiger partial charge is 0.337 e. The van der Waals surface area contributed by atoms with Crippen molar-refractivity contribution < 1.29 is 14.3 Å². The lowest BCUT2D eigenvalue weighted by molar-refractivity contribution is 0.0600. The second-order valence-corrected chi connectivity index (χ2v) is 6.82. The van der Waals surface area contributed by atoms with E-state index in [9.17, 15) is 9.59 Å². The second-order valence-electron chi connectivity index (χ2n) is 6.82. The molecule has 3 rings (SSSR count). The third kappa shape index (κ3) is 4.58. The van der Waals surface area contributed by atoms with Gasteiger partial charge in [-0.15, -0.1) is 0 Å². The number of hydrogen-bond donors (Lipinski definition) is 1. The van der Waals surface area contributed by atoms with Gasteiger partial charge >= 0.3 is 12.0 Å². The molecule has 0 atom stereocenters. The standard InChI is InChI=1S/C21H25N3O3/c1-15-12-16(2)14-19(13-15)23-8-10-24(11-9-23)21(26)22-18-6-4-17(5-7-18)20(25)27-3/h4-7,12-14H,8-11H2,1-3H3,(H,22,26). The number of carbonyl (C=O) groups is 2. The highest BCUT2D eigenvalue weighted by atomic mass is 16.5. The SMILES string of the molecule is COC(=O)c1ccc(NC(=O)N2CCN(c3cc(C)cc(C)c3)CC2)cc1. The Balaban J connectivity index is 1.56. The molecule has 1 fully saturated rings. The van der Waals surface area contributed by atoms with E-state index in [1.807, 2.05) is 4.90 Å². The summed E-state index contributed by atoms with van der Waals surface area (Å²) in [6.07, 6.45) is 0. The molecule has 0 unspecified atom stereocenters. The summed E-state index contributed by atoms with van der Waals surface area (Å²) in [5, 5.41) is 2.88. The van der Waals surface area contributed by atoms with Crippen LogP contribution in [0.5, 0.6) is 0 Å². The number of rotatable bonds is 3. The Morgan fingerprint density at radius 1 is 0.926 bits per heavy atom. The number of carbonyl (C=O) groups excluding carboxylic acids is 2. The number of esters is 1. The van der Waals surface area contributed by atoms with Crippen molar-refractivity contribution in [2.75, 3.05) is 43.5 Å². The monoisotopic (exact) mass is 367 g/mol. The second kappa shape index (κ2) is 8.12. The molecule has 0 radical (unpaired) electrons. The molecule has 1 saturated heterocycles. The van der Waals surface area contributed by atoms with Crippen LogP contribution in [0.3, 0.4) is 0 Å². The summed E-state index contributed by atoms with van der Waals surface area (Å²) in [5.41, 5.74) is 4.83. The Morgan fingerprint density at radius 2 is 1.52 bits per heavy atom. The number of aryl methyl sites for hydroxylation is 2. The molecule has 2 amide bonds. The Bertz CT molecular complexity index is 805. The molecule has 6 heteroatoms. The molecule has 0 saturated carbocycles. The van der Waals surface area contributed by atoms with Crippen LogP contribution in [0.25, 0.3) is 0 Å². The minimum Gasteiger partial charge on any atom is -0.465 e. The van der Waals surface area contributed by atoms with Crippen molar-refractivity contribution in [3.63, 3.8) is 0 Å². The number of anilines is 2. The molecule has 2 aromatic rings. The maximum absolute atomic E-state index is 12.5. The van der Waals surface area contributed by atoms with Crippen molar-refractivity contribution in [3.05, 3.63) is 59.2 Å². The molecule has 0 bridgehead atoms. The van der Waals surface area contributed by atoms with Crippen LogP contribution >= 0.6 is 0 Å². The normalized spacial score (nSPS) is 14.0. The van der Waals surface area contributed by atoms with Gasteiger partial charge in [0, 0.05) is 37.6 Å². The fourth-order valence-electron chi connectivity index (χ4n) is 3.31. The summed E-state index contributed by atoms with van der Waals surface area (Å²) < 4.78 is 4.67. The maximum Gasteiger partial charge on any atom is 0.337 e. The minimum atomic E-state index is -0.393. The lowest BCUT2D eigenvalue weighted by atomic mass is 10.1. The third-order valence-electron chi connectivity index (χ3n) is 4.70. The summed E-state index contributed by atoms with van der Waals surface area (Å²) in [4.78, 5) is 28.1. The van der Waals surface area contributed by atoms with Crippen LogP contribution in [0, 0.1) is 13.8 Å². The van der Waals surface area contributed by atoms with E-state index in [4.69, 9.17) is 0 Å². The zero-order valence-electron chi connectivity index (χ0n) is 16.0. The molecule has 0 spiro atoms. The van der Waals surface area contributed by atoms with Gasteiger partial charge < -0.3 is 19.9 Å². The highest BCUT2D eigenvalue weighted by molar-refractivity contribution is 5.92. The van der Waals surface area contributed by atoms with Gasteiger partial charge in [-0.25, -0.2) is 9.59 Å². The van der Waals surface area contributed by atoms with Crippen molar-refractivity contribution in [2.24, 2.45) is 0 Å². The van der Waals surface area contributed by atoms with E-state index in [1.165, 1.54) is 23.9 Å². The molecule has 0 aliphatic carbocycles. The van der Waals surface area contributed by atoms with E-state index in [1.54, 1.807) is 24.3 Å². The summed E-state index contributed by atoms with van der Waals surface area (Å²) in [6, 6.07) is 13.1. The lowest BCUT2D eigenvalue weighted by Crippen LogP contribution is -2.50. The number of ether oxygens (including phenoxy) is 1. The van der Waals surface area contributed by atoms with Crippen molar-refractivity contribution >= 4 is 23.4 Å². The molecular weight excluding hydrogens is 342 g/mol. The predicted molar refractivity (Wildman–Crippen MR) is 107 cm³/mol. The van der Waals surface area contributed by atoms with Gasteiger partial charge in [-0.1, -0.05) is 6.07 Å². The molecule has 0 aromatic heterocycles. The number of methoxy groups -OCH3 is 1. The number of piperazine rings is 1. The third-order valence-corrected chi connectivity index (χ3v) is 4.70. The summed E-state index contributed by atoms with van der Waals surface area (Å²) in [6.45, 7) is 7.14. The van der Waals surface area contributed by atoms with Crippen LogP contribution in [0.1, 0.15) is 21.5 Å². The van der Waals surface area contributed by atoms with Gasteiger partial charge in [0.05, 0.1) is 12.7 Å². The van der Waals surface area contributed by atoms with Gasteiger partial charge in [0.2, 0.25) is 0 Å². The van der Waals surface area contributed by atoms with E-state index >= 15 is 0 Å². The first kappa shape index (κ1) is 18.8. The molecular formula is C21H25N3O3. The van der Waals surface area contributed by atoms with Crippen molar-refractivity contribution in [1.82, 2.24) is 4.90 Å². The molecule has 1 aliphatic heterocycles. The Morgan fingerprint density at radius 3 is 2.07 bits per heavy atom. The molecule has 142 valence electrons. The van der Waals surface area contributed by atoms with E-state index in [0.717, 1.165) is 13.1 Å². The number of nitrogens with one attached hydrogen (secondary N) is 1. The van der Waals surface area contributed by atoms with Crippen LogP contribution in [0.2, 0.25) is 0 Å². The number of nitrogens with zero attached hydrogens (tertiary/aromatic N) is 2. The highest BCUT2D eigenvalue weighted by Gasteiger charge is 2.21. The fraction of sp³-hybridized carbons (Fsp3) is 0.333. The molecule has 27 heavy (non-hydrogen) atoms. The first-order valence-corrected chi connectivity index (χ1v) is 9.04. The zero-order valence-corrected chi connectivity index (χ0v) is 16.0. The number of benzene rings is 2. The number of amides is 2. The quantitative estimate of drug-likeness (QED) is 0.844. The topological polar surface area (TPSA) is 61.9 Å². The van der Waals surface area contributed by atoms with Crippen LogP contribution in [-0.4, -0.2) is 50.2 Å². The number of hydrogen-bond acceptors (Lipinski definition) is 4. The Labute approximate surface area is 159 Å². The maximum atomic E-state index is 12.5. The van der Waals surface area contributed by atoms with E-state index in [0.29, 0.717) is 24.3 Å². The van der Waals surface area contributed by atoms with E-state index in [-0.39, 0.29) is 6.03 Å². The van der Waals surface area contributed by atoms with Crippen molar-refractivity contribution in [3.8, 4) is 0 Å². The zero-order chi connectivity index (χ0) is 19.4. The first-order valence-electron chi connectivity index (χ1n) is 9.04. The lowest BCUT2D eigenvalue weighted by Gasteiger charge is -2.36. The van der Waals surface area contributed by atoms with Gasteiger partial charge in [-0.2, -0.15) is 0 Å². The molecule has 6 nitrogen and oxygen atoms in total. The van der Waals surface area contributed by atoms with Crippen LogP contribution in [-0.2, 0) is 4.74 Å². The Kier molecular flexibility index (Phi) is 5.64. The summed E-state index contributed by atoms with van der Waals surface area (Å²) >= 11 is 0. The first-order chi connectivity index (χ1) is 13.0. The molecule has 2 aromatic carbocycles. The van der Waals surface area contributed by atoms with Gasteiger partial charge in [0.25, 0.3) is 0 Å². The largest absolute Gasteiger partial charge is 0.465 e. The van der Waals surface area contributed by atoms with Crippen LogP contribution < -0.4 is 10.2 Å². The van der Waals surface area contributed by atoms with E-state index in [2.05, 4.69) is 47.0 Å². The molecule has 1 heterocycles. The average Bonchev–Trinajstić information content (AvgIpc) is 2.67. The molecule has 1 aliphatic rings. The predicted octanol–water partition coefficient (Wildman–Crippen LogP) is 3.44. The van der Waals surface area contributed by atoms with Crippen LogP contribution in [0.15, 0.2) is 42.5 Å². The highest BCUT2D eigenvalue weighted by Crippen LogP contribution is 2.20. The summed E-state index contributed by atoms with van der Waals surface area (Å²) in [7, 11) is 1.34. The van der Waals surface area contributed by atoms with Crippen molar-refractivity contribution in [2.45, 2.75) is 13.8 Å². The summed E-state index contributed by atoms with van der Waals surface area (Å²) in [5.74, 6) is -0.393. The van der Waals surface area contributed by atoms with E-state index < -0.39 is 5.97 Å². The minimum absolute atomic E-state index is 0.124. The van der Waals surface area contributed by atoms with Crippen LogP contribution in [0.4, 0.5) is 16.2 Å². The van der Waals surface area contributed by atoms with Gasteiger partial charge in [-0.05, 0) is 61.4 Å². The average molecular weight is 367 g/mol.